The summed E-state index contributed by atoms with van der Waals surface area (Å²) >= 11 is 0. The summed E-state index contributed by atoms with van der Waals surface area (Å²) < 4.78 is 66.7. The van der Waals surface area contributed by atoms with Crippen LogP contribution in [0.25, 0.3) is 10.9 Å². The van der Waals surface area contributed by atoms with Gasteiger partial charge in [-0.2, -0.15) is 0 Å². The Kier molecular flexibility index (Phi) is 9.17. The SMILES string of the molecule is COc1ccc2ncc(N(C)C)c([C@@H](F)CCC3(CO)CCN(CCOc4cc(F)c(F)c(F)c4)CC3)c2c1. The molecule has 1 aromatic heterocycles. The Hall–Kier alpha value is -3.11. The molecule has 2 heterocycles. The number of alkyl halides is 1. The number of rotatable bonds is 11. The Morgan fingerprint density at radius 2 is 1.77 bits per heavy atom. The summed E-state index contributed by atoms with van der Waals surface area (Å²) in [5.41, 5.74) is 1.57. The van der Waals surface area contributed by atoms with Gasteiger partial charge in [-0.3, -0.25) is 9.88 Å². The summed E-state index contributed by atoms with van der Waals surface area (Å²) in [5, 5.41) is 11.0. The minimum Gasteiger partial charge on any atom is -0.497 e. The molecule has 1 atom stereocenters. The Labute approximate surface area is 226 Å². The summed E-state index contributed by atoms with van der Waals surface area (Å²) in [4.78, 5) is 8.47. The maximum atomic E-state index is 16.0. The Morgan fingerprint density at radius 1 is 1.08 bits per heavy atom. The maximum absolute atomic E-state index is 16.0. The molecule has 4 rings (SSSR count). The smallest absolute Gasteiger partial charge is 0.194 e. The monoisotopic (exact) mass is 549 g/mol. The second-order valence-electron chi connectivity index (χ2n) is 10.4. The highest BCUT2D eigenvalue weighted by Crippen LogP contribution is 2.42. The number of nitrogens with zero attached hydrogens (tertiary/aromatic N) is 3. The lowest BCUT2D eigenvalue weighted by Gasteiger charge is -2.41. The predicted octanol–water partition coefficient (Wildman–Crippen LogP) is 5.67. The molecule has 2 aromatic carbocycles. The highest BCUT2D eigenvalue weighted by Gasteiger charge is 2.35. The molecule has 1 aliphatic heterocycles. The lowest BCUT2D eigenvalue weighted by atomic mass is 9.74. The predicted molar refractivity (Wildman–Crippen MR) is 143 cm³/mol. The van der Waals surface area contributed by atoms with Crippen LogP contribution >= 0.6 is 0 Å². The third-order valence-corrected chi connectivity index (χ3v) is 7.70. The quantitative estimate of drug-likeness (QED) is 0.246. The Bertz CT molecular complexity index is 1260. The van der Waals surface area contributed by atoms with Crippen molar-refractivity contribution in [3.8, 4) is 11.5 Å². The number of anilines is 1. The van der Waals surface area contributed by atoms with Crippen molar-refractivity contribution in [3.63, 3.8) is 0 Å². The van der Waals surface area contributed by atoms with E-state index < -0.39 is 29.0 Å². The first kappa shape index (κ1) is 28.9. The number of fused-ring (bicyclic) bond motifs is 1. The standard InChI is InChI=1S/C29H35F4N3O3/c1-35(2)26-17-34-25-5-4-19(38-3)14-21(25)27(26)22(30)6-7-29(18-37)8-10-36(11-9-29)12-13-39-20-15-23(31)28(33)24(32)16-20/h4-5,14-17,22,37H,6-13,18H2,1-3H3/t22-/m0/s1. The minimum atomic E-state index is -1.52. The molecule has 0 saturated carbocycles. The molecule has 0 unspecified atom stereocenters. The first-order chi connectivity index (χ1) is 18.7. The summed E-state index contributed by atoms with van der Waals surface area (Å²) in [5.74, 6) is -3.55. The van der Waals surface area contributed by atoms with Gasteiger partial charge in [-0.25, -0.2) is 17.6 Å². The Balaban J connectivity index is 1.37. The summed E-state index contributed by atoms with van der Waals surface area (Å²) in [6, 6.07) is 7.08. The molecule has 212 valence electrons. The first-order valence-corrected chi connectivity index (χ1v) is 13.0. The van der Waals surface area contributed by atoms with E-state index in [9.17, 15) is 18.3 Å². The third kappa shape index (κ3) is 6.55. The van der Waals surface area contributed by atoms with Crippen LogP contribution in [0.3, 0.4) is 0 Å². The maximum Gasteiger partial charge on any atom is 0.194 e. The molecule has 0 amide bonds. The first-order valence-electron chi connectivity index (χ1n) is 13.0. The molecular formula is C29H35F4N3O3. The van der Waals surface area contributed by atoms with E-state index in [1.807, 2.05) is 31.1 Å². The highest BCUT2D eigenvalue weighted by molar-refractivity contribution is 5.88. The number of methoxy groups -OCH3 is 1. The topological polar surface area (TPSA) is 58.1 Å². The number of hydrogen-bond acceptors (Lipinski definition) is 6. The lowest BCUT2D eigenvalue weighted by Crippen LogP contribution is -2.43. The molecule has 10 heteroatoms. The van der Waals surface area contributed by atoms with Gasteiger partial charge < -0.3 is 19.5 Å². The van der Waals surface area contributed by atoms with Gasteiger partial charge in [0.1, 0.15) is 24.3 Å². The zero-order valence-corrected chi connectivity index (χ0v) is 22.5. The number of aromatic nitrogens is 1. The molecule has 3 aromatic rings. The highest BCUT2D eigenvalue weighted by atomic mass is 19.2. The van der Waals surface area contributed by atoms with Crippen LogP contribution in [-0.2, 0) is 0 Å². The fourth-order valence-corrected chi connectivity index (χ4v) is 5.22. The van der Waals surface area contributed by atoms with Gasteiger partial charge >= 0.3 is 0 Å². The van der Waals surface area contributed by atoms with Crippen molar-refractivity contribution in [2.45, 2.75) is 31.9 Å². The number of likely N-dealkylation sites (tertiary alicyclic amines) is 1. The normalized spacial score (nSPS) is 16.3. The summed E-state index contributed by atoms with van der Waals surface area (Å²) in [6.45, 7) is 1.99. The minimum absolute atomic E-state index is 0.0380. The van der Waals surface area contributed by atoms with Crippen molar-refractivity contribution < 1.29 is 32.1 Å². The van der Waals surface area contributed by atoms with E-state index in [-0.39, 0.29) is 25.4 Å². The van der Waals surface area contributed by atoms with Crippen LogP contribution in [0.1, 0.15) is 37.4 Å². The van der Waals surface area contributed by atoms with E-state index in [2.05, 4.69) is 9.88 Å². The fraction of sp³-hybridized carbons (Fsp3) is 0.483. The molecule has 1 saturated heterocycles. The number of pyridine rings is 1. The van der Waals surface area contributed by atoms with Gasteiger partial charge in [-0.05, 0) is 62.4 Å². The van der Waals surface area contributed by atoms with Crippen molar-refractivity contribution in [2.75, 3.05) is 59.0 Å². The molecule has 1 aliphatic rings. The van der Waals surface area contributed by atoms with Crippen LogP contribution in [0.15, 0.2) is 36.5 Å². The number of aliphatic hydroxyl groups excluding tert-OH is 1. The average Bonchev–Trinajstić information content (AvgIpc) is 2.94. The molecule has 6 nitrogen and oxygen atoms in total. The second-order valence-corrected chi connectivity index (χ2v) is 10.4. The van der Waals surface area contributed by atoms with Crippen molar-refractivity contribution in [1.29, 1.82) is 0 Å². The Morgan fingerprint density at radius 3 is 2.38 bits per heavy atom. The summed E-state index contributed by atoms with van der Waals surface area (Å²) in [7, 11) is 5.29. The molecule has 1 N–H and O–H groups in total. The van der Waals surface area contributed by atoms with Crippen LogP contribution in [0.4, 0.5) is 23.2 Å². The van der Waals surface area contributed by atoms with E-state index >= 15 is 4.39 Å². The number of halogens is 4. The molecule has 0 radical (unpaired) electrons. The van der Waals surface area contributed by atoms with E-state index in [4.69, 9.17) is 9.47 Å². The van der Waals surface area contributed by atoms with Gasteiger partial charge in [0.2, 0.25) is 0 Å². The fourth-order valence-electron chi connectivity index (χ4n) is 5.22. The van der Waals surface area contributed by atoms with Crippen molar-refractivity contribution in [3.05, 3.63) is 59.5 Å². The third-order valence-electron chi connectivity index (χ3n) is 7.70. The number of hydrogen-bond donors (Lipinski definition) is 1. The number of aliphatic hydroxyl groups is 1. The van der Waals surface area contributed by atoms with Gasteiger partial charge in [0.25, 0.3) is 0 Å². The lowest BCUT2D eigenvalue weighted by molar-refractivity contribution is 0.0266. The zero-order chi connectivity index (χ0) is 28.2. The number of ether oxygens (including phenoxy) is 2. The van der Waals surface area contributed by atoms with E-state index in [0.717, 1.165) is 12.1 Å². The molecular weight excluding hydrogens is 514 g/mol. The molecule has 0 aliphatic carbocycles. The van der Waals surface area contributed by atoms with Crippen molar-refractivity contribution in [1.82, 2.24) is 9.88 Å². The summed E-state index contributed by atoms with van der Waals surface area (Å²) in [6.07, 6.45) is 2.56. The number of benzene rings is 2. The van der Waals surface area contributed by atoms with E-state index in [1.54, 1.807) is 19.4 Å². The van der Waals surface area contributed by atoms with Crippen LogP contribution in [-0.4, -0.2) is 69.0 Å². The van der Waals surface area contributed by atoms with E-state index in [1.165, 1.54) is 0 Å². The zero-order valence-electron chi connectivity index (χ0n) is 22.5. The largest absolute Gasteiger partial charge is 0.497 e. The van der Waals surface area contributed by atoms with Crippen LogP contribution in [0, 0.1) is 22.9 Å². The van der Waals surface area contributed by atoms with Gasteiger partial charge in [0, 0.05) is 50.3 Å². The second kappa shape index (κ2) is 12.4. The van der Waals surface area contributed by atoms with Gasteiger partial charge in [0.05, 0.1) is 24.5 Å². The van der Waals surface area contributed by atoms with Crippen LogP contribution in [0.5, 0.6) is 11.5 Å². The van der Waals surface area contributed by atoms with E-state index in [0.29, 0.717) is 66.8 Å². The van der Waals surface area contributed by atoms with Crippen molar-refractivity contribution >= 4 is 16.6 Å². The average molecular weight is 550 g/mol. The van der Waals surface area contributed by atoms with Crippen LogP contribution in [0.2, 0.25) is 0 Å². The molecule has 39 heavy (non-hydrogen) atoms. The van der Waals surface area contributed by atoms with Gasteiger partial charge in [-0.1, -0.05) is 0 Å². The van der Waals surface area contributed by atoms with Gasteiger partial charge in [0.15, 0.2) is 17.5 Å². The molecule has 1 fully saturated rings. The van der Waals surface area contributed by atoms with Gasteiger partial charge in [-0.15, -0.1) is 0 Å². The number of piperidine rings is 1. The molecule has 0 bridgehead atoms. The molecule has 0 spiro atoms. The van der Waals surface area contributed by atoms with Crippen LogP contribution < -0.4 is 14.4 Å². The van der Waals surface area contributed by atoms with Crippen molar-refractivity contribution in [2.24, 2.45) is 5.41 Å².